The van der Waals surface area contributed by atoms with Gasteiger partial charge in [-0.15, -0.1) is 10.2 Å². The Morgan fingerprint density at radius 2 is 1.90 bits per heavy atom. The Morgan fingerprint density at radius 1 is 1.21 bits per heavy atom. The number of ether oxygens (including phenoxy) is 1. The second kappa shape index (κ2) is 8.82. The van der Waals surface area contributed by atoms with E-state index in [1.165, 1.54) is 36.0 Å². The zero-order valence-corrected chi connectivity index (χ0v) is 17.9. The van der Waals surface area contributed by atoms with E-state index < -0.39 is 6.10 Å². The molecule has 0 aliphatic rings. The van der Waals surface area contributed by atoms with Crippen LogP contribution >= 0.6 is 11.8 Å². The third kappa shape index (κ3) is 4.87. The molecule has 3 aromatic rings. The Balaban J connectivity index is 1.61. The largest absolute Gasteiger partial charge is 0.481 e. The van der Waals surface area contributed by atoms with Crippen molar-refractivity contribution in [1.29, 1.82) is 0 Å². The Hall–Kier alpha value is -2.61. The highest BCUT2D eigenvalue weighted by atomic mass is 32.2. The molecule has 0 unspecified atom stereocenters. The van der Waals surface area contributed by atoms with Crippen LogP contribution in [0.1, 0.15) is 60.6 Å². The minimum absolute atomic E-state index is 0.0189. The van der Waals surface area contributed by atoms with E-state index in [-0.39, 0.29) is 17.4 Å². The maximum absolute atomic E-state index is 13.0. The van der Waals surface area contributed by atoms with Crippen molar-refractivity contribution in [3.05, 3.63) is 59.0 Å². The second-order valence-electron chi connectivity index (χ2n) is 7.08. The quantitative estimate of drug-likeness (QED) is 0.365. The fourth-order valence-corrected chi connectivity index (χ4v) is 3.92. The summed E-state index contributed by atoms with van der Waals surface area (Å²) in [5.41, 5.74) is 2.75. The third-order valence-electron chi connectivity index (χ3n) is 4.52. The summed E-state index contributed by atoms with van der Waals surface area (Å²) in [4.78, 5) is 12.7. The highest BCUT2D eigenvalue weighted by Crippen LogP contribution is 2.26. The summed E-state index contributed by atoms with van der Waals surface area (Å²) in [6.07, 6.45) is -0.497. The van der Waals surface area contributed by atoms with Gasteiger partial charge in [-0.05, 0) is 65.0 Å². The number of halogens is 1. The molecular weight excluding hydrogens is 393 g/mol. The number of ketones is 1. The van der Waals surface area contributed by atoms with E-state index in [0.717, 1.165) is 17.0 Å². The summed E-state index contributed by atoms with van der Waals surface area (Å²) in [7, 11) is 0. The minimum Gasteiger partial charge on any atom is -0.481 e. The molecule has 3 rings (SSSR count). The molecule has 6 nitrogen and oxygen atoms in total. The van der Waals surface area contributed by atoms with E-state index in [4.69, 9.17) is 9.15 Å². The first-order valence-electron chi connectivity index (χ1n) is 9.36. The van der Waals surface area contributed by atoms with Crippen molar-refractivity contribution in [3.63, 3.8) is 0 Å². The Morgan fingerprint density at radius 3 is 2.52 bits per heavy atom. The number of aryl methyl sites for hydroxylation is 1. The lowest BCUT2D eigenvalue weighted by atomic mass is 10.2. The number of carbonyl (C=O) groups is 1. The van der Waals surface area contributed by atoms with Crippen LogP contribution in [0.15, 0.2) is 40.0 Å². The summed E-state index contributed by atoms with van der Waals surface area (Å²) in [6, 6.07) is 7.92. The lowest BCUT2D eigenvalue weighted by molar-refractivity contribution is 0.102. The van der Waals surface area contributed by atoms with Crippen molar-refractivity contribution < 1.29 is 18.3 Å². The van der Waals surface area contributed by atoms with Crippen LogP contribution in [-0.4, -0.2) is 26.3 Å². The average Bonchev–Trinajstić information content (AvgIpc) is 3.26. The third-order valence-corrected chi connectivity index (χ3v) is 5.34. The van der Waals surface area contributed by atoms with Gasteiger partial charge < -0.3 is 13.7 Å². The smallest absolute Gasteiger partial charge is 0.277 e. The van der Waals surface area contributed by atoms with Gasteiger partial charge in [0, 0.05) is 23.0 Å². The molecular formula is C21H24FN3O3S. The van der Waals surface area contributed by atoms with Crippen LogP contribution in [0.2, 0.25) is 0 Å². The van der Waals surface area contributed by atoms with E-state index in [1.807, 2.05) is 19.9 Å². The summed E-state index contributed by atoms with van der Waals surface area (Å²) < 4.78 is 26.4. The number of Topliss-reactive ketones (excluding diaryl/α,β-unsaturated/α-hetero) is 1. The monoisotopic (exact) mass is 417 g/mol. The zero-order chi connectivity index (χ0) is 21.1. The van der Waals surface area contributed by atoms with Crippen LogP contribution in [0.4, 0.5) is 4.39 Å². The summed E-state index contributed by atoms with van der Waals surface area (Å²) >= 11 is 1.20. The first-order chi connectivity index (χ1) is 13.8. The Bertz CT molecular complexity index is 995. The van der Waals surface area contributed by atoms with Crippen LogP contribution in [-0.2, 0) is 0 Å². The number of rotatable bonds is 8. The second-order valence-corrected chi connectivity index (χ2v) is 8.01. The minimum atomic E-state index is -0.497. The number of benzene rings is 1. The lowest BCUT2D eigenvalue weighted by Crippen LogP contribution is -2.08. The molecule has 29 heavy (non-hydrogen) atoms. The van der Waals surface area contributed by atoms with E-state index in [2.05, 4.69) is 28.6 Å². The molecule has 0 amide bonds. The van der Waals surface area contributed by atoms with Crippen LogP contribution in [0, 0.1) is 19.7 Å². The Kier molecular flexibility index (Phi) is 6.42. The fraction of sp³-hybridized carbons (Fsp3) is 0.381. The van der Waals surface area contributed by atoms with Gasteiger partial charge in [-0.3, -0.25) is 4.79 Å². The molecule has 1 atom stereocenters. The van der Waals surface area contributed by atoms with Gasteiger partial charge in [0.25, 0.3) is 11.1 Å². The molecule has 0 saturated carbocycles. The van der Waals surface area contributed by atoms with Gasteiger partial charge in [0.1, 0.15) is 11.6 Å². The van der Waals surface area contributed by atoms with Crippen LogP contribution in [0.3, 0.4) is 0 Å². The average molecular weight is 418 g/mol. The topological polar surface area (TPSA) is 70.2 Å². The van der Waals surface area contributed by atoms with E-state index in [0.29, 0.717) is 22.9 Å². The van der Waals surface area contributed by atoms with Crippen molar-refractivity contribution in [2.75, 3.05) is 5.75 Å². The Labute approximate surface area is 173 Å². The van der Waals surface area contributed by atoms with Crippen molar-refractivity contribution in [3.8, 4) is 5.75 Å². The van der Waals surface area contributed by atoms with Crippen LogP contribution in [0.25, 0.3) is 0 Å². The summed E-state index contributed by atoms with van der Waals surface area (Å²) in [5.74, 6) is 0.687. The molecule has 2 heterocycles. The number of nitrogens with zero attached hydrogens (tertiary/aromatic N) is 3. The molecule has 2 aromatic heterocycles. The van der Waals surface area contributed by atoms with Crippen molar-refractivity contribution in [2.45, 2.75) is 52.0 Å². The van der Waals surface area contributed by atoms with Crippen LogP contribution in [0.5, 0.6) is 5.75 Å². The zero-order valence-electron chi connectivity index (χ0n) is 17.1. The number of aromatic nitrogens is 3. The number of hydrogen-bond acceptors (Lipinski definition) is 6. The van der Waals surface area contributed by atoms with E-state index >= 15 is 0 Å². The predicted octanol–water partition coefficient (Wildman–Crippen LogP) is 5.32. The predicted molar refractivity (Wildman–Crippen MR) is 109 cm³/mol. The molecule has 0 radical (unpaired) electrons. The molecule has 0 saturated heterocycles. The number of hydrogen-bond donors (Lipinski definition) is 0. The highest BCUT2D eigenvalue weighted by molar-refractivity contribution is 7.99. The lowest BCUT2D eigenvalue weighted by Gasteiger charge is -2.13. The first kappa shape index (κ1) is 21.1. The fourth-order valence-electron chi connectivity index (χ4n) is 3.27. The van der Waals surface area contributed by atoms with Gasteiger partial charge in [-0.25, -0.2) is 4.39 Å². The van der Waals surface area contributed by atoms with E-state index in [1.54, 1.807) is 6.92 Å². The van der Waals surface area contributed by atoms with Crippen molar-refractivity contribution in [1.82, 2.24) is 14.8 Å². The van der Waals surface area contributed by atoms with E-state index in [9.17, 15) is 9.18 Å². The SMILES string of the molecule is Cc1cc(C(=O)CSc2nnc([C@@H](C)Oc3ccc(F)cc3)o2)c(C)n1C(C)C. The van der Waals surface area contributed by atoms with Gasteiger partial charge in [-0.1, -0.05) is 11.8 Å². The molecule has 0 N–H and O–H groups in total. The van der Waals surface area contributed by atoms with Gasteiger partial charge >= 0.3 is 0 Å². The molecule has 8 heteroatoms. The highest BCUT2D eigenvalue weighted by Gasteiger charge is 2.20. The maximum Gasteiger partial charge on any atom is 0.277 e. The molecule has 0 aliphatic heterocycles. The van der Waals surface area contributed by atoms with Gasteiger partial charge in [0.15, 0.2) is 11.9 Å². The molecule has 0 bridgehead atoms. The van der Waals surface area contributed by atoms with Crippen LogP contribution < -0.4 is 4.74 Å². The van der Waals surface area contributed by atoms with Gasteiger partial charge in [0.2, 0.25) is 0 Å². The molecule has 0 fully saturated rings. The molecule has 0 aliphatic carbocycles. The number of thioether (sulfide) groups is 1. The molecule has 0 spiro atoms. The van der Waals surface area contributed by atoms with Crippen molar-refractivity contribution >= 4 is 17.5 Å². The van der Waals surface area contributed by atoms with Gasteiger partial charge in [-0.2, -0.15) is 0 Å². The summed E-state index contributed by atoms with van der Waals surface area (Å²) in [6.45, 7) is 9.92. The molecule has 154 valence electrons. The normalized spacial score (nSPS) is 12.4. The maximum atomic E-state index is 13.0. The molecule has 1 aromatic carbocycles. The summed E-state index contributed by atoms with van der Waals surface area (Å²) in [5, 5.41) is 8.27. The van der Waals surface area contributed by atoms with Gasteiger partial charge in [0.05, 0.1) is 5.75 Å². The number of carbonyl (C=O) groups excluding carboxylic acids is 1. The van der Waals surface area contributed by atoms with Crippen molar-refractivity contribution in [2.24, 2.45) is 0 Å². The standard InChI is InChI=1S/C21H24FN3O3S/c1-12(2)25-13(3)10-18(14(25)4)19(26)11-29-21-24-23-20(28-21)15(5)27-17-8-6-16(22)7-9-17/h6-10,12,15H,11H2,1-5H3/t15-/m1/s1. The first-order valence-corrected chi connectivity index (χ1v) is 10.3.